The first-order chi connectivity index (χ1) is 13.8. The molecule has 0 spiro atoms. The van der Waals surface area contributed by atoms with Crippen molar-refractivity contribution in [2.45, 2.75) is 71.4 Å². The van der Waals surface area contributed by atoms with E-state index in [1.807, 2.05) is 27.9 Å². The number of carbonyl (C=O) groups excluding carboxylic acids is 2. The molecule has 2 amide bonds. The Kier molecular flexibility index (Phi) is 9.15. The molecule has 0 saturated heterocycles. The van der Waals surface area contributed by atoms with Crippen molar-refractivity contribution in [3.63, 3.8) is 0 Å². The zero-order valence-corrected chi connectivity index (χ0v) is 18.8. The minimum atomic E-state index is -0.491. The summed E-state index contributed by atoms with van der Waals surface area (Å²) in [7, 11) is 4.05. The molecule has 0 aromatic heterocycles. The number of amides is 2. The number of likely N-dealkylation sites (N-methyl/N-ethyl adjacent to an activating group) is 1. The van der Waals surface area contributed by atoms with Gasteiger partial charge in [-0.25, -0.2) is 0 Å². The smallest absolute Gasteiger partial charge is 0.242 e. The maximum Gasteiger partial charge on any atom is 0.242 e. The molecule has 0 heterocycles. The third-order valence-electron chi connectivity index (χ3n) is 6.09. The molecular formula is C24H39N3O2. The Balaban J connectivity index is 1.98. The lowest BCUT2D eigenvalue weighted by Crippen LogP contribution is -2.52. The lowest BCUT2D eigenvalue weighted by Gasteiger charge is -2.29. The molecule has 2 unspecified atom stereocenters. The summed E-state index contributed by atoms with van der Waals surface area (Å²) in [5, 5.41) is 6.11. The molecule has 1 saturated carbocycles. The Hall–Kier alpha value is -1.88. The zero-order valence-electron chi connectivity index (χ0n) is 18.8. The fourth-order valence-corrected chi connectivity index (χ4v) is 4.05. The second kappa shape index (κ2) is 11.3. The average molecular weight is 402 g/mol. The molecule has 5 heteroatoms. The van der Waals surface area contributed by atoms with Crippen LogP contribution in [0.2, 0.25) is 0 Å². The number of rotatable bonds is 9. The summed E-state index contributed by atoms with van der Waals surface area (Å²) in [6.07, 6.45) is 6.32. The number of benzene rings is 1. The summed E-state index contributed by atoms with van der Waals surface area (Å²) in [6.45, 7) is 6.63. The maximum atomic E-state index is 12.9. The van der Waals surface area contributed by atoms with Gasteiger partial charge in [-0.15, -0.1) is 0 Å². The molecule has 1 fully saturated rings. The van der Waals surface area contributed by atoms with Gasteiger partial charge in [-0.1, -0.05) is 64.3 Å². The summed E-state index contributed by atoms with van der Waals surface area (Å²) >= 11 is 0. The molecule has 2 N–H and O–H groups in total. The third-order valence-corrected chi connectivity index (χ3v) is 6.09. The van der Waals surface area contributed by atoms with Crippen LogP contribution in [-0.4, -0.2) is 43.4 Å². The number of aryl methyl sites for hydroxylation is 1. The van der Waals surface area contributed by atoms with E-state index in [9.17, 15) is 9.59 Å². The van der Waals surface area contributed by atoms with Crippen LogP contribution in [0, 0.1) is 11.8 Å². The van der Waals surface area contributed by atoms with Gasteiger partial charge in [-0.2, -0.15) is 0 Å². The van der Waals surface area contributed by atoms with E-state index >= 15 is 0 Å². The number of nitrogens with zero attached hydrogens (tertiary/aromatic N) is 1. The average Bonchev–Trinajstić information content (AvgIpc) is 2.72. The lowest BCUT2D eigenvalue weighted by atomic mass is 9.88. The second-order valence-corrected chi connectivity index (χ2v) is 8.88. The van der Waals surface area contributed by atoms with Gasteiger partial charge in [0.2, 0.25) is 11.8 Å². The van der Waals surface area contributed by atoms with Gasteiger partial charge in [0, 0.05) is 12.5 Å². The van der Waals surface area contributed by atoms with Crippen LogP contribution in [0.4, 0.5) is 0 Å². The quantitative estimate of drug-likeness (QED) is 0.663. The molecule has 29 heavy (non-hydrogen) atoms. The van der Waals surface area contributed by atoms with Crippen LogP contribution in [0.5, 0.6) is 0 Å². The SMILES string of the molecule is CCc1ccc(C(CNC(=O)C(NC(=O)C2CCCCC2)C(C)C)N(C)C)cc1. The van der Waals surface area contributed by atoms with Crippen LogP contribution in [0.1, 0.15) is 70.0 Å². The van der Waals surface area contributed by atoms with Crippen molar-refractivity contribution in [1.29, 1.82) is 0 Å². The lowest BCUT2D eigenvalue weighted by molar-refractivity contribution is -0.132. The first-order valence-corrected chi connectivity index (χ1v) is 11.2. The standard InChI is InChI=1S/C24H39N3O2/c1-6-18-12-14-19(15-13-18)21(27(4)5)16-25-24(29)22(17(2)3)26-23(28)20-10-8-7-9-11-20/h12-15,17,20-22H,6-11,16H2,1-5H3,(H,25,29)(H,26,28). The van der Waals surface area contributed by atoms with Crippen LogP contribution in [0.3, 0.4) is 0 Å². The highest BCUT2D eigenvalue weighted by Crippen LogP contribution is 2.24. The molecule has 162 valence electrons. The fraction of sp³-hybridized carbons (Fsp3) is 0.667. The van der Waals surface area contributed by atoms with E-state index in [2.05, 4.69) is 46.7 Å². The van der Waals surface area contributed by atoms with Crippen LogP contribution in [0.25, 0.3) is 0 Å². The van der Waals surface area contributed by atoms with Crippen molar-refractivity contribution in [2.24, 2.45) is 11.8 Å². The summed E-state index contributed by atoms with van der Waals surface area (Å²) in [6, 6.07) is 8.17. The molecule has 0 radical (unpaired) electrons. The van der Waals surface area contributed by atoms with E-state index in [1.54, 1.807) is 0 Å². The van der Waals surface area contributed by atoms with Gasteiger partial charge in [0.25, 0.3) is 0 Å². The van der Waals surface area contributed by atoms with Gasteiger partial charge < -0.3 is 15.5 Å². The maximum absolute atomic E-state index is 12.9. The highest BCUT2D eigenvalue weighted by atomic mass is 16.2. The van der Waals surface area contributed by atoms with Crippen molar-refractivity contribution in [3.8, 4) is 0 Å². The van der Waals surface area contributed by atoms with Crippen LogP contribution < -0.4 is 10.6 Å². The van der Waals surface area contributed by atoms with E-state index in [4.69, 9.17) is 0 Å². The molecule has 2 rings (SSSR count). The Morgan fingerprint density at radius 3 is 2.21 bits per heavy atom. The fourth-order valence-electron chi connectivity index (χ4n) is 4.05. The first-order valence-electron chi connectivity index (χ1n) is 11.2. The van der Waals surface area contributed by atoms with E-state index < -0.39 is 6.04 Å². The molecule has 0 bridgehead atoms. The van der Waals surface area contributed by atoms with Gasteiger partial charge in [-0.05, 0) is 50.4 Å². The largest absolute Gasteiger partial charge is 0.352 e. The topological polar surface area (TPSA) is 61.4 Å². The second-order valence-electron chi connectivity index (χ2n) is 8.88. The number of carbonyl (C=O) groups is 2. The molecule has 1 aromatic rings. The number of nitrogens with one attached hydrogen (secondary N) is 2. The van der Waals surface area contributed by atoms with Gasteiger partial charge in [0.1, 0.15) is 6.04 Å². The summed E-state index contributed by atoms with van der Waals surface area (Å²) in [4.78, 5) is 27.7. The highest BCUT2D eigenvalue weighted by molar-refractivity contribution is 5.88. The Morgan fingerprint density at radius 1 is 1.07 bits per heavy atom. The Bertz CT molecular complexity index is 649. The number of hydrogen-bond acceptors (Lipinski definition) is 3. The van der Waals surface area contributed by atoms with Crippen molar-refractivity contribution < 1.29 is 9.59 Å². The molecule has 1 aliphatic rings. The van der Waals surface area contributed by atoms with Crippen molar-refractivity contribution in [3.05, 3.63) is 35.4 Å². The van der Waals surface area contributed by atoms with E-state index in [-0.39, 0.29) is 29.7 Å². The normalized spacial score (nSPS) is 17.2. The molecule has 1 aromatic carbocycles. The molecule has 2 atom stereocenters. The van der Waals surface area contributed by atoms with E-state index in [1.165, 1.54) is 17.5 Å². The minimum absolute atomic E-state index is 0.0397. The van der Waals surface area contributed by atoms with Crippen molar-refractivity contribution >= 4 is 11.8 Å². The molecule has 5 nitrogen and oxygen atoms in total. The number of hydrogen-bond donors (Lipinski definition) is 2. The van der Waals surface area contributed by atoms with Gasteiger partial charge in [0.15, 0.2) is 0 Å². The molecular weight excluding hydrogens is 362 g/mol. The van der Waals surface area contributed by atoms with E-state index in [0.717, 1.165) is 32.1 Å². The predicted molar refractivity (Wildman–Crippen MR) is 119 cm³/mol. The van der Waals surface area contributed by atoms with Crippen LogP contribution in [-0.2, 0) is 16.0 Å². The minimum Gasteiger partial charge on any atom is -0.352 e. The predicted octanol–water partition coefficient (Wildman–Crippen LogP) is 3.69. The van der Waals surface area contributed by atoms with Gasteiger partial charge >= 0.3 is 0 Å². The Labute approximate surface area is 176 Å². The Morgan fingerprint density at radius 2 is 1.69 bits per heavy atom. The van der Waals surface area contributed by atoms with Crippen LogP contribution in [0.15, 0.2) is 24.3 Å². The molecule has 0 aliphatic heterocycles. The van der Waals surface area contributed by atoms with Gasteiger partial charge in [-0.3, -0.25) is 9.59 Å². The van der Waals surface area contributed by atoms with Crippen LogP contribution >= 0.6 is 0 Å². The highest BCUT2D eigenvalue weighted by Gasteiger charge is 2.29. The van der Waals surface area contributed by atoms with Crippen molar-refractivity contribution in [1.82, 2.24) is 15.5 Å². The molecule has 1 aliphatic carbocycles. The monoisotopic (exact) mass is 401 g/mol. The van der Waals surface area contributed by atoms with E-state index in [0.29, 0.717) is 6.54 Å². The zero-order chi connectivity index (χ0) is 21.4. The summed E-state index contributed by atoms with van der Waals surface area (Å²) in [5.41, 5.74) is 2.49. The summed E-state index contributed by atoms with van der Waals surface area (Å²) in [5.74, 6) is 0.0487. The van der Waals surface area contributed by atoms with Gasteiger partial charge in [0.05, 0.1) is 6.04 Å². The third kappa shape index (κ3) is 6.84. The van der Waals surface area contributed by atoms with Crippen molar-refractivity contribution in [2.75, 3.05) is 20.6 Å². The first kappa shape index (κ1) is 23.4. The summed E-state index contributed by atoms with van der Waals surface area (Å²) < 4.78 is 0.